The molecule has 0 aliphatic carbocycles. The fourth-order valence-corrected chi connectivity index (χ4v) is 2.25. The summed E-state index contributed by atoms with van der Waals surface area (Å²) in [5.41, 5.74) is 2.10. The molecule has 1 aliphatic rings. The summed E-state index contributed by atoms with van der Waals surface area (Å²) in [5, 5.41) is 2.41. The second kappa shape index (κ2) is 5.08. The number of hydrogen-bond donors (Lipinski definition) is 1. The average Bonchev–Trinajstić information content (AvgIpc) is 2.71. The highest BCUT2D eigenvalue weighted by atomic mass is 16.5. The summed E-state index contributed by atoms with van der Waals surface area (Å²) in [6.07, 6.45) is 0.253. The lowest BCUT2D eigenvalue weighted by Crippen LogP contribution is -2.43. The maximum atomic E-state index is 12.1. The molecule has 1 N–H and O–H groups in total. The Kier molecular flexibility index (Phi) is 3.50. The highest BCUT2D eigenvalue weighted by Gasteiger charge is 2.30. The van der Waals surface area contributed by atoms with Crippen LogP contribution in [-0.2, 0) is 16.0 Å². The Morgan fingerprint density at radius 3 is 2.89 bits per heavy atom. The van der Waals surface area contributed by atoms with E-state index in [4.69, 9.17) is 0 Å². The molecule has 0 saturated carbocycles. The zero-order valence-electron chi connectivity index (χ0n) is 10.5. The number of para-hydroxylation sites is 1. The number of benzene rings is 1. The molecule has 0 spiro atoms. The molecule has 1 unspecified atom stereocenters. The maximum absolute atomic E-state index is 12.1. The number of methoxy groups -OCH3 is 1. The molecule has 5 nitrogen and oxygen atoms in total. The Bertz CT molecular complexity index is 473. The van der Waals surface area contributed by atoms with Crippen LogP contribution in [0.4, 0.5) is 10.5 Å². The molecule has 1 aromatic rings. The van der Waals surface area contributed by atoms with Crippen molar-refractivity contribution in [2.75, 3.05) is 18.6 Å². The maximum Gasteiger partial charge on any atom is 0.407 e. The molecule has 5 heteroatoms. The number of amides is 2. The molecule has 0 bridgehead atoms. The Labute approximate surface area is 106 Å². The van der Waals surface area contributed by atoms with Crippen molar-refractivity contribution in [3.8, 4) is 0 Å². The van der Waals surface area contributed by atoms with Gasteiger partial charge < -0.3 is 15.0 Å². The van der Waals surface area contributed by atoms with E-state index < -0.39 is 6.09 Å². The van der Waals surface area contributed by atoms with Crippen LogP contribution < -0.4 is 10.2 Å². The van der Waals surface area contributed by atoms with Crippen LogP contribution in [-0.4, -0.2) is 31.7 Å². The van der Waals surface area contributed by atoms with Crippen LogP contribution in [0.2, 0.25) is 0 Å². The van der Waals surface area contributed by atoms with Gasteiger partial charge in [-0.05, 0) is 25.0 Å². The van der Waals surface area contributed by atoms with Crippen LogP contribution in [0.15, 0.2) is 24.3 Å². The number of ether oxygens (including phenoxy) is 1. The molecule has 1 atom stereocenters. The van der Waals surface area contributed by atoms with Crippen molar-refractivity contribution in [3.63, 3.8) is 0 Å². The molecule has 18 heavy (non-hydrogen) atoms. The summed E-state index contributed by atoms with van der Waals surface area (Å²) < 4.78 is 4.44. The fraction of sp³-hybridized carbons (Fsp3) is 0.385. The minimum Gasteiger partial charge on any atom is -0.453 e. The third kappa shape index (κ3) is 2.30. The van der Waals surface area contributed by atoms with Gasteiger partial charge in [-0.25, -0.2) is 4.79 Å². The van der Waals surface area contributed by atoms with Crippen molar-refractivity contribution in [3.05, 3.63) is 29.8 Å². The smallest absolute Gasteiger partial charge is 0.407 e. The molecule has 0 saturated heterocycles. The van der Waals surface area contributed by atoms with Crippen LogP contribution in [0.25, 0.3) is 0 Å². The van der Waals surface area contributed by atoms with Crippen molar-refractivity contribution in [2.45, 2.75) is 19.4 Å². The number of alkyl carbamates (subject to hydrolysis) is 1. The van der Waals surface area contributed by atoms with E-state index >= 15 is 0 Å². The van der Waals surface area contributed by atoms with Gasteiger partial charge in [-0.15, -0.1) is 0 Å². The van der Waals surface area contributed by atoms with E-state index in [1.54, 1.807) is 4.90 Å². The second-order valence-electron chi connectivity index (χ2n) is 4.29. The Balaban J connectivity index is 2.09. The summed E-state index contributed by atoms with van der Waals surface area (Å²) in [7, 11) is 1.27. The average molecular weight is 248 g/mol. The van der Waals surface area contributed by atoms with E-state index in [-0.39, 0.29) is 18.5 Å². The molecule has 0 aromatic heterocycles. The van der Waals surface area contributed by atoms with E-state index in [0.717, 1.165) is 17.7 Å². The van der Waals surface area contributed by atoms with Crippen molar-refractivity contribution in [1.29, 1.82) is 0 Å². The normalized spacial score (nSPS) is 17.2. The summed E-state index contributed by atoms with van der Waals surface area (Å²) in [6.45, 7) is 1.95. The predicted molar refractivity (Wildman–Crippen MR) is 67.5 cm³/mol. The zero-order valence-corrected chi connectivity index (χ0v) is 10.5. The highest BCUT2D eigenvalue weighted by molar-refractivity contribution is 5.98. The molecule has 0 fully saturated rings. The number of hydrogen-bond acceptors (Lipinski definition) is 3. The van der Waals surface area contributed by atoms with Gasteiger partial charge in [0.1, 0.15) is 6.54 Å². The Morgan fingerprint density at radius 2 is 2.17 bits per heavy atom. The van der Waals surface area contributed by atoms with Crippen LogP contribution in [0.3, 0.4) is 0 Å². The minimum atomic E-state index is -0.594. The molecule has 1 aliphatic heterocycles. The van der Waals surface area contributed by atoms with Gasteiger partial charge in [0.05, 0.1) is 7.11 Å². The van der Waals surface area contributed by atoms with Gasteiger partial charge in [0.25, 0.3) is 0 Å². The van der Waals surface area contributed by atoms with Crippen molar-refractivity contribution in [2.24, 2.45) is 0 Å². The SMILES string of the molecule is COC(=O)NCC(=O)N1c2ccccc2CC1C. The number of rotatable bonds is 2. The van der Waals surface area contributed by atoms with Crippen LogP contribution >= 0.6 is 0 Å². The van der Waals surface area contributed by atoms with E-state index in [1.165, 1.54) is 7.11 Å². The lowest BCUT2D eigenvalue weighted by Gasteiger charge is -2.22. The lowest BCUT2D eigenvalue weighted by atomic mass is 10.1. The van der Waals surface area contributed by atoms with Crippen LogP contribution in [0, 0.1) is 0 Å². The topological polar surface area (TPSA) is 58.6 Å². The number of nitrogens with one attached hydrogen (secondary N) is 1. The molecular weight excluding hydrogens is 232 g/mol. The minimum absolute atomic E-state index is 0.0503. The van der Waals surface area contributed by atoms with Crippen LogP contribution in [0.5, 0.6) is 0 Å². The van der Waals surface area contributed by atoms with E-state index in [9.17, 15) is 9.59 Å². The number of carbonyl (C=O) groups excluding carboxylic acids is 2. The highest BCUT2D eigenvalue weighted by Crippen LogP contribution is 2.31. The van der Waals surface area contributed by atoms with Crippen molar-refractivity contribution >= 4 is 17.7 Å². The third-order valence-corrected chi connectivity index (χ3v) is 3.05. The first kappa shape index (κ1) is 12.4. The second-order valence-corrected chi connectivity index (χ2v) is 4.29. The number of nitrogens with zero attached hydrogens (tertiary/aromatic N) is 1. The molecule has 1 heterocycles. The summed E-state index contributed by atoms with van der Waals surface area (Å²) >= 11 is 0. The fourth-order valence-electron chi connectivity index (χ4n) is 2.25. The number of anilines is 1. The predicted octanol–water partition coefficient (Wildman–Crippen LogP) is 1.32. The molecule has 1 aromatic carbocycles. The van der Waals surface area contributed by atoms with Gasteiger partial charge in [0.15, 0.2) is 0 Å². The largest absolute Gasteiger partial charge is 0.453 e. The van der Waals surface area contributed by atoms with Gasteiger partial charge in [-0.1, -0.05) is 18.2 Å². The molecule has 2 rings (SSSR count). The number of carbonyl (C=O) groups is 2. The number of fused-ring (bicyclic) bond motifs is 1. The Morgan fingerprint density at radius 1 is 1.44 bits per heavy atom. The summed E-state index contributed by atoms with van der Waals surface area (Å²) in [4.78, 5) is 24.8. The first-order valence-electron chi connectivity index (χ1n) is 5.85. The van der Waals surface area contributed by atoms with E-state index in [2.05, 4.69) is 10.1 Å². The third-order valence-electron chi connectivity index (χ3n) is 3.05. The van der Waals surface area contributed by atoms with Gasteiger partial charge in [-0.2, -0.15) is 0 Å². The first-order chi connectivity index (χ1) is 8.63. The summed E-state index contributed by atoms with van der Waals surface area (Å²) in [5.74, 6) is -0.127. The van der Waals surface area contributed by atoms with Crippen LogP contribution in [0.1, 0.15) is 12.5 Å². The molecule has 0 radical (unpaired) electrons. The Hall–Kier alpha value is -2.04. The summed E-state index contributed by atoms with van der Waals surface area (Å²) in [6, 6.07) is 7.94. The van der Waals surface area contributed by atoms with E-state index in [1.807, 2.05) is 31.2 Å². The molecule has 96 valence electrons. The van der Waals surface area contributed by atoms with Gasteiger partial charge in [0.2, 0.25) is 5.91 Å². The zero-order chi connectivity index (χ0) is 13.1. The van der Waals surface area contributed by atoms with Crippen molar-refractivity contribution in [1.82, 2.24) is 5.32 Å². The van der Waals surface area contributed by atoms with Crippen molar-refractivity contribution < 1.29 is 14.3 Å². The van der Waals surface area contributed by atoms with E-state index in [0.29, 0.717) is 0 Å². The van der Waals surface area contributed by atoms with Gasteiger partial charge in [0, 0.05) is 11.7 Å². The van der Waals surface area contributed by atoms with Gasteiger partial charge in [-0.3, -0.25) is 4.79 Å². The quantitative estimate of drug-likeness (QED) is 0.858. The first-order valence-corrected chi connectivity index (χ1v) is 5.85. The molecular formula is C13H16N2O3. The lowest BCUT2D eigenvalue weighted by molar-refractivity contribution is -0.118. The van der Waals surface area contributed by atoms with Gasteiger partial charge >= 0.3 is 6.09 Å². The monoisotopic (exact) mass is 248 g/mol. The molecule has 2 amide bonds. The standard InChI is InChI=1S/C13H16N2O3/c1-9-7-10-5-3-4-6-11(10)15(9)12(16)8-14-13(17)18-2/h3-6,9H,7-8H2,1-2H3,(H,14,17).